The molecule has 2 saturated heterocycles. The number of likely N-dealkylation sites (N-methyl/N-ethyl adjacent to an activating group) is 1. The Balaban J connectivity index is 1.72. The number of benzene rings is 1. The van der Waals surface area contributed by atoms with Crippen molar-refractivity contribution in [2.45, 2.75) is 13.3 Å². The minimum absolute atomic E-state index is 0.0576. The lowest BCUT2D eigenvalue weighted by Gasteiger charge is -2.27. The molecule has 26 heavy (non-hydrogen) atoms. The van der Waals surface area contributed by atoms with Crippen molar-refractivity contribution in [1.29, 1.82) is 5.26 Å². The number of nitriles is 1. The smallest absolute Gasteiger partial charge is 0.253 e. The van der Waals surface area contributed by atoms with Crippen LogP contribution in [0.3, 0.4) is 0 Å². The van der Waals surface area contributed by atoms with E-state index < -0.39 is 5.41 Å². The molecule has 0 aromatic heterocycles. The highest BCUT2D eigenvalue weighted by molar-refractivity contribution is 5.96. The number of hydrogen-bond donors (Lipinski definition) is 0. The van der Waals surface area contributed by atoms with Crippen molar-refractivity contribution in [1.82, 2.24) is 14.7 Å². The van der Waals surface area contributed by atoms with Gasteiger partial charge in [0.25, 0.3) is 5.91 Å². The standard InChI is InChI=1S/C20H26N4O2/c1-15-13-24(18(25)17-6-4-16(12-21)5-7-17)14-20(15)8-9-23(19(20)26)11-10-22(2)3/h4-7,15H,8-11,13-14H2,1-3H3/t15-,20-/m1/s1. The number of likely N-dealkylation sites (tertiary alicyclic amines) is 2. The van der Waals surface area contributed by atoms with Crippen LogP contribution in [0.2, 0.25) is 0 Å². The summed E-state index contributed by atoms with van der Waals surface area (Å²) in [4.78, 5) is 31.8. The molecular weight excluding hydrogens is 328 g/mol. The van der Waals surface area contributed by atoms with Crippen molar-refractivity contribution in [3.63, 3.8) is 0 Å². The summed E-state index contributed by atoms with van der Waals surface area (Å²) in [6, 6.07) is 8.76. The van der Waals surface area contributed by atoms with E-state index in [1.54, 1.807) is 29.2 Å². The Labute approximate surface area is 155 Å². The van der Waals surface area contributed by atoms with E-state index in [-0.39, 0.29) is 17.7 Å². The fourth-order valence-corrected chi connectivity index (χ4v) is 4.09. The van der Waals surface area contributed by atoms with Gasteiger partial charge in [0.1, 0.15) is 0 Å². The average molecular weight is 354 g/mol. The third-order valence-electron chi connectivity index (χ3n) is 5.82. The summed E-state index contributed by atoms with van der Waals surface area (Å²) in [5.41, 5.74) is 0.674. The van der Waals surface area contributed by atoms with Crippen LogP contribution in [0.1, 0.15) is 29.3 Å². The third-order valence-corrected chi connectivity index (χ3v) is 5.82. The largest absolute Gasteiger partial charge is 0.341 e. The Morgan fingerprint density at radius 3 is 2.65 bits per heavy atom. The summed E-state index contributed by atoms with van der Waals surface area (Å²) in [6.45, 7) is 5.54. The number of nitrogens with zero attached hydrogens (tertiary/aromatic N) is 4. The maximum absolute atomic E-state index is 13.1. The van der Waals surface area contributed by atoms with Crippen LogP contribution in [0, 0.1) is 22.7 Å². The summed E-state index contributed by atoms with van der Waals surface area (Å²) in [6.07, 6.45) is 0.817. The lowest BCUT2D eigenvalue weighted by molar-refractivity contribution is -0.137. The zero-order valence-electron chi connectivity index (χ0n) is 15.7. The van der Waals surface area contributed by atoms with E-state index in [9.17, 15) is 9.59 Å². The zero-order chi connectivity index (χ0) is 18.9. The van der Waals surface area contributed by atoms with Gasteiger partial charge in [-0.05, 0) is 50.7 Å². The normalized spacial score (nSPS) is 25.3. The topological polar surface area (TPSA) is 67.7 Å². The summed E-state index contributed by atoms with van der Waals surface area (Å²) < 4.78 is 0. The molecule has 6 nitrogen and oxygen atoms in total. The molecule has 0 unspecified atom stereocenters. The van der Waals surface area contributed by atoms with Gasteiger partial charge < -0.3 is 14.7 Å². The number of hydrogen-bond acceptors (Lipinski definition) is 4. The van der Waals surface area contributed by atoms with E-state index in [4.69, 9.17) is 5.26 Å². The predicted molar refractivity (Wildman–Crippen MR) is 98.4 cm³/mol. The maximum atomic E-state index is 13.1. The molecule has 2 aliphatic rings. The van der Waals surface area contributed by atoms with Crippen LogP contribution in [0.4, 0.5) is 0 Å². The predicted octanol–water partition coefficient (Wildman–Crippen LogP) is 1.43. The summed E-state index contributed by atoms with van der Waals surface area (Å²) in [7, 11) is 4.01. The Bertz CT molecular complexity index is 737. The van der Waals surface area contributed by atoms with Gasteiger partial charge in [-0.25, -0.2) is 0 Å². The van der Waals surface area contributed by atoms with Gasteiger partial charge in [0, 0.05) is 38.3 Å². The van der Waals surface area contributed by atoms with E-state index in [1.165, 1.54) is 0 Å². The molecule has 2 heterocycles. The van der Waals surface area contributed by atoms with Gasteiger partial charge in [-0.2, -0.15) is 5.26 Å². The molecule has 1 aromatic carbocycles. The van der Waals surface area contributed by atoms with Crippen LogP contribution in [0.5, 0.6) is 0 Å². The molecule has 2 amide bonds. The van der Waals surface area contributed by atoms with Gasteiger partial charge >= 0.3 is 0 Å². The highest BCUT2D eigenvalue weighted by Gasteiger charge is 2.55. The van der Waals surface area contributed by atoms with Crippen molar-refractivity contribution < 1.29 is 9.59 Å². The van der Waals surface area contributed by atoms with Crippen LogP contribution in [-0.2, 0) is 4.79 Å². The molecule has 0 bridgehead atoms. The summed E-state index contributed by atoms with van der Waals surface area (Å²) >= 11 is 0. The lowest BCUT2D eigenvalue weighted by Crippen LogP contribution is -2.42. The number of carbonyl (C=O) groups excluding carboxylic acids is 2. The first-order valence-electron chi connectivity index (χ1n) is 9.11. The first-order valence-corrected chi connectivity index (χ1v) is 9.11. The van der Waals surface area contributed by atoms with E-state index in [0.717, 1.165) is 26.1 Å². The summed E-state index contributed by atoms with van der Waals surface area (Å²) in [5, 5.41) is 8.89. The van der Waals surface area contributed by atoms with Crippen molar-refractivity contribution in [2.24, 2.45) is 11.3 Å². The first kappa shape index (κ1) is 18.4. The fourth-order valence-electron chi connectivity index (χ4n) is 4.09. The van der Waals surface area contributed by atoms with Crippen molar-refractivity contribution in [3.05, 3.63) is 35.4 Å². The molecule has 2 aliphatic heterocycles. The minimum atomic E-state index is -0.436. The van der Waals surface area contributed by atoms with Gasteiger partial charge in [-0.3, -0.25) is 9.59 Å². The average Bonchev–Trinajstić information content (AvgIpc) is 3.14. The maximum Gasteiger partial charge on any atom is 0.253 e. The van der Waals surface area contributed by atoms with Gasteiger partial charge in [0.15, 0.2) is 0 Å². The highest BCUT2D eigenvalue weighted by Crippen LogP contribution is 2.44. The van der Waals surface area contributed by atoms with Crippen LogP contribution < -0.4 is 0 Å². The molecular formula is C20H26N4O2. The minimum Gasteiger partial charge on any atom is -0.341 e. The van der Waals surface area contributed by atoms with Crippen LogP contribution in [0.25, 0.3) is 0 Å². The zero-order valence-corrected chi connectivity index (χ0v) is 15.7. The molecule has 0 radical (unpaired) electrons. The molecule has 2 atom stereocenters. The number of carbonyl (C=O) groups is 2. The van der Waals surface area contributed by atoms with Crippen LogP contribution in [0.15, 0.2) is 24.3 Å². The number of rotatable bonds is 4. The lowest BCUT2D eigenvalue weighted by atomic mass is 9.78. The van der Waals surface area contributed by atoms with E-state index in [1.807, 2.05) is 19.0 Å². The van der Waals surface area contributed by atoms with Crippen molar-refractivity contribution in [2.75, 3.05) is 46.8 Å². The van der Waals surface area contributed by atoms with Crippen molar-refractivity contribution in [3.8, 4) is 6.07 Å². The Kier molecular flexibility index (Phi) is 5.01. The second-order valence-electron chi connectivity index (χ2n) is 7.78. The monoisotopic (exact) mass is 354 g/mol. The van der Waals surface area contributed by atoms with E-state index in [0.29, 0.717) is 24.2 Å². The first-order chi connectivity index (χ1) is 12.4. The van der Waals surface area contributed by atoms with E-state index >= 15 is 0 Å². The second-order valence-corrected chi connectivity index (χ2v) is 7.78. The quantitative estimate of drug-likeness (QED) is 0.820. The molecule has 0 saturated carbocycles. The van der Waals surface area contributed by atoms with Crippen molar-refractivity contribution >= 4 is 11.8 Å². The molecule has 2 fully saturated rings. The van der Waals surface area contributed by atoms with Crippen LogP contribution >= 0.6 is 0 Å². The van der Waals surface area contributed by atoms with Gasteiger partial charge in [0.2, 0.25) is 5.91 Å². The second kappa shape index (κ2) is 7.08. The Hall–Kier alpha value is -2.39. The van der Waals surface area contributed by atoms with Gasteiger partial charge in [-0.1, -0.05) is 6.92 Å². The fraction of sp³-hybridized carbons (Fsp3) is 0.550. The van der Waals surface area contributed by atoms with E-state index in [2.05, 4.69) is 17.9 Å². The van der Waals surface area contributed by atoms with Gasteiger partial charge in [0.05, 0.1) is 17.0 Å². The molecule has 3 rings (SSSR count). The van der Waals surface area contributed by atoms with Gasteiger partial charge in [-0.15, -0.1) is 0 Å². The van der Waals surface area contributed by atoms with Crippen LogP contribution in [-0.4, -0.2) is 73.3 Å². The Morgan fingerprint density at radius 1 is 1.35 bits per heavy atom. The SMILES string of the molecule is C[C@@H]1CN(C(=O)c2ccc(C#N)cc2)C[C@]12CCN(CCN(C)C)C2=O. The molecule has 6 heteroatoms. The molecule has 1 aromatic rings. The summed E-state index contributed by atoms with van der Waals surface area (Å²) in [5.74, 6) is 0.293. The highest BCUT2D eigenvalue weighted by atomic mass is 16.2. The number of amides is 2. The third kappa shape index (κ3) is 3.19. The molecule has 1 spiro atoms. The Morgan fingerprint density at radius 2 is 2.04 bits per heavy atom. The molecule has 0 aliphatic carbocycles. The molecule has 138 valence electrons. The molecule has 0 N–H and O–H groups in total.